The van der Waals surface area contributed by atoms with Gasteiger partial charge >= 0.3 is 0 Å². The number of aromatic nitrogens is 2. The predicted molar refractivity (Wildman–Crippen MR) is 150 cm³/mol. The zero-order valence-electron chi connectivity index (χ0n) is 20.7. The Balaban J connectivity index is 1.73. The average Bonchev–Trinajstić information content (AvgIpc) is 3.55. The number of benzene rings is 2. The Labute approximate surface area is 224 Å². The minimum Gasteiger partial charge on any atom is -0.383 e. The molecule has 3 heterocycles. The number of carbonyl (C=O) groups is 2. The van der Waals surface area contributed by atoms with Gasteiger partial charge in [-0.1, -0.05) is 48.5 Å². The standard InChI is InChI=1S/C28H28N4O3S2/c1-19-8-6-11-21(16-19)32-28-25(26(30-32)20-9-4-3-5-10-20)27(22-12-7-15-36-22)37-18-24(34)31(28)17-23(33)29-13-14-35-2/h3-12,15-16,27H,13-14,17-18H2,1-2H3,(H,29,33)/t27-/m1/s1. The molecule has 0 fully saturated rings. The van der Waals surface area contributed by atoms with Crippen LogP contribution in [0, 0.1) is 6.92 Å². The minimum atomic E-state index is -0.242. The van der Waals surface area contributed by atoms with Crippen molar-refractivity contribution in [2.45, 2.75) is 12.2 Å². The lowest BCUT2D eigenvalue weighted by Gasteiger charge is -2.23. The lowest BCUT2D eigenvalue weighted by Crippen LogP contribution is -2.43. The van der Waals surface area contributed by atoms with Gasteiger partial charge in [-0.25, -0.2) is 4.68 Å². The van der Waals surface area contributed by atoms with Gasteiger partial charge in [0.15, 0.2) is 0 Å². The van der Waals surface area contributed by atoms with Crippen molar-refractivity contribution in [2.75, 3.05) is 37.5 Å². The zero-order chi connectivity index (χ0) is 25.8. The number of fused-ring (bicyclic) bond motifs is 1. The van der Waals surface area contributed by atoms with Crippen molar-refractivity contribution in [3.05, 3.63) is 88.1 Å². The van der Waals surface area contributed by atoms with Crippen molar-refractivity contribution in [1.82, 2.24) is 15.1 Å². The number of anilines is 1. The molecule has 2 aromatic heterocycles. The van der Waals surface area contributed by atoms with E-state index >= 15 is 0 Å². The maximum atomic E-state index is 13.6. The van der Waals surface area contributed by atoms with Gasteiger partial charge in [0.05, 0.1) is 29.0 Å². The lowest BCUT2D eigenvalue weighted by atomic mass is 10.0. The SMILES string of the molecule is COCCNC(=O)CN1C(=O)CS[C@H](c2cccs2)c2c(-c3ccccc3)nn(-c3cccc(C)c3)c21. The number of methoxy groups -OCH3 is 1. The van der Waals surface area contributed by atoms with Crippen molar-refractivity contribution in [3.63, 3.8) is 0 Å². The summed E-state index contributed by atoms with van der Waals surface area (Å²) >= 11 is 3.24. The Kier molecular flexibility index (Phi) is 7.73. The summed E-state index contributed by atoms with van der Waals surface area (Å²) in [5.74, 6) is 0.527. The number of nitrogens with one attached hydrogen (secondary N) is 1. The number of hydrogen-bond donors (Lipinski definition) is 1. The van der Waals surface area contributed by atoms with Crippen LogP contribution in [-0.2, 0) is 14.3 Å². The molecular formula is C28H28N4O3S2. The molecule has 1 N–H and O–H groups in total. The molecule has 2 amide bonds. The monoisotopic (exact) mass is 532 g/mol. The molecule has 7 nitrogen and oxygen atoms in total. The van der Waals surface area contributed by atoms with Crippen molar-refractivity contribution in [1.29, 1.82) is 0 Å². The highest BCUT2D eigenvalue weighted by molar-refractivity contribution is 8.00. The molecule has 1 aliphatic heterocycles. The average molecular weight is 533 g/mol. The van der Waals surface area contributed by atoms with Crippen LogP contribution in [0.5, 0.6) is 0 Å². The van der Waals surface area contributed by atoms with Crippen LogP contribution in [0.4, 0.5) is 5.82 Å². The van der Waals surface area contributed by atoms with Crippen LogP contribution in [0.1, 0.15) is 21.3 Å². The highest BCUT2D eigenvalue weighted by atomic mass is 32.2. The minimum absolute atomic E-state index is 0.0982. The summed E-state index contributed by atoms with van der Waals surface area (Å²) in [6.45, 7) is 2.71. The number of rotatable bonds is 8. The molecule has 0 saturated heterocycles. The molecule has 2 aromatic carbocycles. The van der Waals surface area contributed by atoms with E-state index in [1.165, 1.54) is 0 Å². The van der Waals surface area contributed by atoms with Gasteiger partial charge in [-0.2, -0.15) is 5.10 Å². The van der Waals surface area contributed by atoms with Crippen LogP contribution >= 0.6 is 23.1 Å². The quantitative estimate of drug-likeness (QED) is 0.329. The van der Waals surface area contributed by atoms with Crippen LogP contribution in [0.15, 0.2) is 72.1 Å². The van der Waals surface area contributed by atoms with E-state index in [0.717, 1.165) is 32.9 Å². The molecule has 37 heavy (non-hydrogen) atoms. The molecule has 0 unspecified atom stereocenters. The maximum Gasteiger partial charge on any atom is 0.240 e. The maximum absolute atomic E-state index is 13.6. The number of thioether (sulfide) groups is 1. The third-order valence-electron chi connectivity index (χ3n) is 6.11. The summed E-state index contributed by atoms with van der Waals surface area (Å²) in [6.07, 6.45) is 0. The second kappa shape index (κ2) is 11.3. The van der Waals surface area contributed by atoms with Crippen LogP contribution in [0.3, 0.4) is 0 Å². The fourth-order valence-corrected chi connectivity index (χ4v) is 6.60. The first-order valence-electron chi connectivity index (χ1n) is 12.0. The van der Waals surface area contributed by atoms with E-state index < -0.39 is 0 Å². The highest BCUT2D eigenvalue weighted by Crippen LogP contribution is 2.49. The molecular weight excluding hydrogens is 504 g/mol. The number of aryl methyl sites for hydroxylation is 1. The van der Waals surface area contributed by atoms with E-state index in [1.807, 2.05) is 72.3 Å². The van der Waals surface area contributed by atoms with Crippen LogP contribution in [-0.4, -0.2) is 54.2 Å². The molecule has 4 aromatic rings. The highest BCUT2D eigenvalue weighted by Gasteiger charge is 2.38. The summed E-state index contributed by atoms with van der Waals surface area (Å²) in [4.78, 5) is 29.3. The molecule has 5 rings (SSSR count). The Morgan fingerprint density at radius 3 is 2.70 bits per heavy atom. The second-order valence-electron chi connectivity index (χ2n) is 8.73. The molecule has 0 aliphatic carbocycles. The summed E-state index contributed by atoms with van der Waals surface area (Å²) in [5, 5.41) is 9.91. The summed E-state index contributed by atoms with van der Waals surface area (Å²) in [5.41, 5.74) is 4.63. The third-order valence-corrected chi connectivity index (χ3v) is 8.44. The number of carbonyl (C=O) groups excluding carboxylic acids is 2. The Morgan fingerprint density at radius 2 is 1.97 bits per heavy atom. The molecule has 9 heteroatoms. The Morgan fingerprint density at radius 1 is 1.14 bits per heavy atom. The first-order valence-corrected chi connectivity index (χ1v) is 14.0. The van der Waals surface area contributed by atoms with E-state index in [2.05, 4.69) is 16.8 Å². The predicted octanol–water partition coefficient (Wildman–Crippen LogP) is 4.84. The van der Waals surface area contributed by atoms with Gasteiger partial charge in [-0.3, -0.25) is 14.5 Å². The van der Waals surface area contributed by atoms with Crippen molar-refractivity contribution < 1.29 is 14.3 Å². The fraction of sp³-hybridized carbons (Fsp3) is 0.250. The lowest BCUT2D eigenvalue weighted by molar-refractivity contribution is -0.123. The largest absolute Gasteiger partial charge is 0.383 e. The summed E-state index contributed by atoms with van der Waals surface area (Å²) in [6, 6.07) is 22.2. The van der Waals surface area contributed by atoms with E-state index in [9.17, 15) is 9.59 Å². The zero-order valence-corrected chi connectivity index (χ0v) is 22.3. The van der Waals surface area contributed by atoms with Gasteiger partial charge in [0.2, 0.25) is 11.8 Å². The van der Waals surface area contributed by atoms with E-state index in [0.29, 0.717) is 19.0 Å². The van der Waals surface area contributed by atoms with Gasteiger partial charge in [0.25, 0.3) is 0 Å². The van der Waals surface area contributed by atoms with Crippen molar-refractivity contribution >= 4 is 40.7 Å². The van der Waals surface area contributed by atoms with Gasteiger partial charge < -0.3 is 10.1 Å². The first kappa shape index (κ1) is 25.3. The number of ether oxygens (including phenoxy) is 1. The van der Waals surface area contributed by atoms with Crippen molar-refractivity contribution in [2.24, 2.45) is 0 Å². The first-order chi connectivity index (χ1) is 18.1. The number of amides is 2. The number of nitrogens with zero attached hydrogens (tertiary/aromatic N) is 3. The smallest absolute Gasteiger partial charge is 0.240 e. The molecule has 190 valence electrons. The van der Waals surface area contributed by atoms with Crippen LogP contribution in [0.25, 0.3) is 16.9 Å². The van der Waals surface area contributed by atoms with Crippen molar-refractivity contribution in [3.8, 4) is 16.9 Å². The fourth-order valence-electron chi connectivity index (χ4n) is 4.43. The van der Waals surface area contributed by atoms with E-state index in [4.69, 9.17) is 9.84 Å². The van der Waals surface area contributed by atoms with Gasteiger partial charge in [-0.15, -0.1) is 23.1 Å². The molecule has 0 spiro atoms. The molecule has 0 saturated carbocycles. The van der Waals surface area contributed by atoms with E-state index in [-0.39, 0.29) is 29.4 Å². The van der Waals surface area contributed by atoms with Gasteiger partial charge in [0, 0.05) is 29.7 Å². The normalized spacial score (nSPS) is 15.4. The van der Waals surface area contributed by atoms with Crippen LogP contribution < -0.4 is 10.2 Å². The number of thiophene rings is 1. The second-order valence-corrected chi connectivity index (χ2v) is 10.8. The molecule has 0 radical (unpaired) electrons. The Hall–Kier alpha value is -3.40. The van der Waals surface area contributed by atoms with Gasteiger partial charge in [0.1, 0.15) is 12.4 Å². The Bertz CT molecular complexity index is 1390. The molecule has 1 atom stereocenters. The summed E-state index contributed by atoms with van der Waals surface area (Å²) < 4.78 is 6.89. The number of hydrogen-bond acceptors (Lipinski definition) is 6. The molecule has 0 bridgehead atoms. The summed E-state index contributed by atoms with van der Waals surface area (Å²) in [7, 11) is 1.59. The topological polar surface area (TPSA) is 76.5 Å². The molecule has 1 aliphatic rings. The van der Waals surface area contributed by atoms with E-state index in [1.54, 1.807) is 35.1 Å². The van der Waals surface area contributed by atoms with Gasteiger partial charge in [-0.05, 0) is 36.1 Å². The van der Waals surface area contributed by atoms with Crippen LogP contribution in [0.2, 0.25) is 0 Å². The third kappa shape index (κ3) is 5.34.